The number of rotatable bonds is 7. The second kappa shape index (κ2) is 10.3. The fourth-order valence-corrected chi connectivity index (χ4v) is 5.10. The SMILES string of the molecule is OCC1CC(O)CCN1CCc1ccc(Nc2nc(-c3ccc(Cl)cc3Cl)cs2)cc1. The Labute approximate surface area is 196 Å². The van der Waals surface area contributed by atoms with Gasteiger partial charge in [-0.25, -0.2) is 4.98 Å². The molecule has 3 aromatic rings. The second-order valence-corrected chi connectivity index (χ2v) is 9.49. The molecule has 1 saturated heterocycles. The third kappa shape index (κ3) is 5.77. The van der Waals surface area contributed by atoms with Crippen LogP contribution in [0.1, 0.15) is 18.4 Å². The van der Waals surface area contributed by atoms with Crippen molar-refractivity contribution in [1.29, 1.82) is 0 Å². The van der Waals surface area contributed by atoms with E-state index in [1.165, 1.54) is 16.9 Å². The van der Waals surface area contributed by atoms with Crippen molar-refractivity contribution in [2.45, 2.75) is 31.4 Å². The van der Waals surface area contributed by atoms with Gasteiger partial charge in [-0.15, -0.1) is 11.3 Å². The number of hydrogen-bond acceptors (Lipinski definition) is 6. The lowest BCUT2D eigenvalue weighted by Gasteiger charge is -2.36. The van der Waals surface area contributed by atoms with Gasteiger partial charge in [-0.05, 0) is 55.2 Å². The Morgan fingerprint density at radius 1 is 1.16 bits per heavy atom. The van der Waals surface area contributed by atoms with Crippen molar-refractivity contribution in [3.63, 3.8) is 0 Å². The Morgan fingerprint density at radius 3 is 2.71 bits per heavy atom. The highest BCUT2D eigenvalue weighted by atomic mass is 35.5. The molecule has 1 aliphatic rings. The van der Waals surface area contributed by atoms with Crippen molar-refractivity contribution < 1.29 is 10.2 Å². The topological polar surface area (TPSA) is 68.6 Å². The number of nitrogens with one attached hydrogen (secondary N) is 1. The zero-order chi connectivity index (χ0) is 21.8. The van der Waals surface area contributed by atoms with E-state index in [0.29, 0.717) is 16.5 Å². The predicted molar refractivity (Wildman–Crippen MR) is 129 cm³/mol. The standard InChI is InChI=1S/C23H25Cl2N3O2S/c24-16-3-6-20(21(25)11-16)22-14-31-23(27-22)26-17-4-1-15(2-5-17)7-9-28-10-8-19(30)12-18(28)13-29/h1-6,11,14,18-19,29-30H,7-10,12-13H2,(H,26,27). The number of benzene rings is 2. The van der Waals surface area contributed by atoms with Crippen molar-refractivity contribution in [2.24, 2.45) is 0 Å². The van der Waals surface area contributed by atoms with Crippen LogP contribution in [0.15, 0.2) is 47.8 Å². The van der Waals surface area contributed by atoms with Crippen molar-refractivity contribution in [1.82, 2.24) is 9.88 Å². The summed E-state index contributed by atoms with van der Waals surface area (Å²) in [5.74, 6) is 0. The number of piperidine rings is 1. The zero-order valence-corrected chi connectivity index (χ0v) is 19.3. The van der Waals surface area contributed by atoms with Crippen LogP contribution in [0.5, 0.6) is 0 Å². The molecule has 0 bridgehead atoms. The van der Waals surface area contributed by atoms with Gasteiger partial charge >= 0.3 is 0 Å². The molecule has 0 spiro atoms. The van der Waals surface area contributed by atoms with Crippen LogP contribution in [-0.4, -0.2) is 51.9 Å². The van der Waals surface area contributed by atoms with Crippen LogP contribution >= 0.6 is 34.5 Å². The second-order valence-electron chi connectivity index (χ2n) is 7.78. The molecule has 1 aliphatic heterocycles. The van der Waals surface area contributed by atoms with E-state index in [1.807, 2.05) is 17.5 Å². The highest BCUT2D eigenvalue weighted by Crippen LogP contribution is 2.33. The summed E-state index contributed by atoms with van der Waals surface area (Å²) in [7, 11) is 0. The summed E-state index contributed by atoms with van der Waals surface area (Å²) in [5, 5.41) is 26.7. The monoisotopic (exact) mass is 477 g/mol. The smallest absolute Gasteiger partial charge is 0.187 e. The summed E-state index contributed by atoms with van der Waals surface area (Å²) in [4.78, 5) is 6.91. The van der Waals surface area contributed by atoms with Crippen LogP contribution in [-0.2, 0) is 6.42 Å². The molecule has 2 atom stereocenters. The summed E-state index contributed by atoms with van der Waals surface area (Å²) in [6.07, 6.45) is 2.04. The molecule has 2 aromatic carbocycles. The summed E-state index contributed by atoms with van der Waals surface area (Å²) in [5.41, 5.74) is 3.88. The van der Waals surface area contributed by atoms with Crippen LogP contribution in [0.2, 0.25) is 10.0 Å². The Morgan fingerprint density at radius 2 is 1.97 bits per heavy atom. The highest BCUT2D eigenvalue weighted by molar-refractivity contribution is 7.14. The molecule has 0 saturated carbocycles. The average Bonchev–Trinajstić information content (AvgIpc) is 3.22. The van der Waals surface area contributed by atoms with Crippen LogP contribution in [0.25, 0.3) is 11.3 Å². The molecule has 8 heteroatoms. The van der Waals surface area contributed by atoms with Gasteiger partial charge in [-0.1, -0.05) is 35.3 Å². The van der Waals surface area contributed by atoms with Gasteiger partial charge < -0.3 is 15.5 Å². The van der Waals surface area contributed by atoms with Crippen molar-refractivity contribution in [3.8, 4) is 11.3 Å². The van der Waals surface area contributed by atoms with Gasteiger partial charge in [0, 0.05) is 40.8 Å². The van der Waals surface area contributed by atoms with E-state index in [2.05, 4.69) is 39.5 Å². The van der Waals surface area contributed by atoms with Gasteiger partial charge in [-0.3, -0.25) is 4.90 Å². The van der Waals surface area contributed by atoms with E-state index in [0.717, 1.165) is 48.0 Å². The Kier molecular flexibility index (Phi) is 7.48. The molecule has 164 valence electrons. The normalized spacial score (nSPS) is 19.5. The van der Waals surface area contributed by atoms with E-state index >= 15 is 0 Å². The quantitative estimate of drug-likeness (QED) is 0.435. The average molecular weight is 478 g/mol. The van der Waals surface area contributed by atoms with E-state index < -0.39 is 0 Å². The lowest BCUT2D eigenvalue weighted by Crippen LogP contribution is -2.47. The van der Waals surface area contributed by atoms with Crippen LogP contribution in [0, 0.1) is 0 Å². The van der Waals surface area contributed by atoms with Crippen LogP contribution in [0.3, 0.4) is 0 Å². The first-order chi connectivity index (χ1) is 15.0. The summed E-state index contributed by atoms with van der Waals surface area (Å²) in [6, 6.07) is 13.8. The van der Waals surface area contributed by atoms with Crippen LogP contribution < -0.4 is 5.32 Å². The lowest BCUT2D eigenvalue weighted by atomic mass is 9.99. The maximum atomic E-state index is 9.80. The third-order valence-corrected chi connectivity index (χ3v) is 6.93. The molecule has 1 fully saturated rings. The first-order valence-corrected chi connectivity index (χ1v) is 12.0. The largest absolute Gasteiger partial charge is 0.395 e. The maximum Gasteiger partial charge on any atom is 0.187 e. The molecular weight excluding hydrogens is 453 g/mol. The number of nitrogens with zero attached hydrogens (tertiary/aromatic N) is 2. The first kappa shape index (κ1) is 22.5. The molecule has 1 aromatic heterocycles. The lowest BCUT2D eigenvalue weighted by molar-refractivity contribution is 0.0177. The molecule has 3 N–H and O–H groups in total. The number of anilines is 2. The molecule has 4 rings (SSSR count). The number of likely N-dealkylation sites (tertiary alicyclic amines) is 1. The van der Waals surface area contributed by atoms with Gasteiger partial charge in [0.2, 0.25) is 0 Å². The number of halogens is 2. The van der Waals surface area contributed by atoms with Gasteiger partial charge in [0.25, 0.3) is 0 Å². The maximum absolute atomic E-state index is 9.80. The number of aliphatic hydroxyl groups is 2. The number of thiazole rings is 1. The number of aromatic nitrogens is 1. The molecule has 2 heterocycles. The fraction of sp³-hybridized carbons (Fsp3) is 0.348. The molecule has 0 radical (unpaired) electrons. The molecule has 0 amide bonds. The highest BCUT2D eigenvalue weighted by Gasteiger charge is 2.26. The van der Waals surface area contributed by atoms with Gasteiger partial charge in [0.05, 0.1) is 23.4 Å². The van der Waals surface area contributed by atoms with Crippen molar-refractivity contribution in [2.75, 3.05) is 25.0 Å². The minimum Gasteiger partial charge on any atom is -0.395 e. The molecular formula is C23H25Cl2N3O2S. The van der Waals surface area contributed by atoms with E-state index in [9.17, 15) is 10.2 Å². The third-order valence-electron chi connectivity index (χ3n) is 5.63. The van der Waals surface area contributed by atoms with Gasteiger partial charge in [0.15, 0.2) is 5.13 Å². The Bertz CT molecular complexity index is 1010. The van der Waals surface area contributed by atoms with E-state index in [1.54, 1.807) is 6.07 Å². The van der Waals surface area contributed by atoms with Crippen molar-refractivity contribution in [3.05, 3.63) is 63.5 Å². The Hall–Kier alpha value is -1.67. The van der Waals surface area contributed by atoms with Gasteiger partial charge in [0.1, 0.15) is 0 Å². The fourth-order valence-electron chi connectivity index (χ4n) is 3.87. The van der Waals surface area contributed by atoms with Crippen LogP contribution in [0.4, 0.5) is 10.8 Å². The van der Waals surface area contributed by atoms with E-state index in [4.69, 9.17) is 23.2 Å². The minimum atomic E-state index is -0.291. The number of hydrogen-bond donors (Lipinski definition) is 3. The summed E-state index contributed by atoms with van der Waals surface area (Å²) >= 11 is 13.8. The summed E-state index contributed by atoms with van der Waals surface area (Å²) < 4.78 is 0. The molecule has 5 nitrogen and oxygen atoms in total. The zero-order valence-electron chi connectivity index (χ0n) is 17.0. The summed E-state index contributed by atoms with van der Waals surface area (Å²) in [6.45, 7) is 1.80. The molecule has 31 heavy (non-hydrogen) atoms. The Balaban J connectivity index is 1.34. The molecule has 2 unspecified atom stereocenters. The minimum absolute atomic E-state index is 0.0536. The number of aliphatic hydroxyl groups excluding tert-OH is 2. The van der Waals surface area contributed by atoms with Crippen molar-refractivity contribution >= 4 is 45.4 Å². The molecule has 0 aliphatic carbocycles. The predicted octanol–water partition coefficient (Wildman–Crippen LogP) is 5.22. The van der Waals surface area contributed by atoms with E-state index in [-0.39, 0.29) is 18.8 Å². The van der Waals surface area contributed by atoms with Gasteiger partial charge in [-0.2, -0.15) is 0 Å². The first-order valence-electron chi connectivity index (χ1n) is 10.3.